The molecule has 2 saturated heterocycles. The smallest absolute Gasteiger partial charge is 0.223 e. The molecule has 7 heteroatoms. The van der Waals surface area contributed by atoms with E-state index in [2.05, 4.69) is 29.1 Å². The van der Waals surface area contributed by atoms with Crippen molar-refractivity contribution < 1.29 is 4.79 Å². The van der Waals surface area contributed by atoms with Gasteiger partial charge < -0.3 is 20.0 Å². The van der Waals surface area contributed by atoms with Gasteiger partial charge in [0.2, 0.25) is 5.91 Å². The van der Waals surface area contributed by atoms with Crippen molar-refractivity contribution in [1.29, 1.82) is 0 Å². The van der Waals surface area contributed by atoms with Gasteiger partial charge in [-0.05, 0) is 38.9 Å². The van der Waals surface area contributed by atoms with E-state index >= 15 is 0 Å². The van der Waals surface area contributed by atoms with Crippen molar-refractivity contribution in [3.8, 4) is 0 Å². The second-order valence-corrected chi connectivity index (χ2v) is 6.60. The standard InChI is InChI=1S/C16H32N4O.2ClH/c1-3-8-18(2)13-15-4-9-19(14-15)10-5-16(21)20-11-6-17-7-12-20;;/h15,17H,3-14H2,1-2H3;2*1H. The Balaban J connectivity index is 0.00000242. The van der Waals surface area contributed by atoms with Crippen LogP contribution in [0.4, 0.5) is 0 Å². The van der Waals surface area contributed by atoms with E-state index in [9.17, 15) is 4.79 Å². The minimum Gasteiger partial charge on any atom is -0.340 e. The summed E-state index contributed by atoms with van der Waals surface area (Å²) in [7, 11) is 2.22. The molecule has 0 aromatic rings. The maximum Gasteiger partial charge on any atom is 0.223 e. The topological polar surface area (TPSA) is 38.8 Å². The summed E-state index contributed by atoms with van der Waals surface area (Å²) in [6.07, 6.45) is 3.21. The minimum absolute atomic E-state index is 0. The number of carbonyl (C=O) groups is 1. The van der Waals surface area contributed by atoms with E-state index in [4.69, 9.17) is 0 Å². The Labute approximate surface area is 153 Å². The quantitative estimate of drug-likeness (QED) is 0.735. The number of hydrogen-bond acceptors (Lipinski definition) is 4. The van der Waals surface area contributed by atoms with Crippen LogP contribution in [0, 0.1) is 5.92 Å². The first kappa shape index (κ1) is 22.9. The fourth-order valence-corrected chi connectivity index (χ4v) is 3.50. The molecule has 0 saturated carbocycles. The van der Waals surface area contributed by atoms with Gasteiger partial charge in [0.15, 0.2) is 0 Å². The van der Waals surface area contributed by atoms with Gasteiger partial charge in [-0.3, -0.25) is 4.79 Å². The van der Waals surface area contributed by atoms with Crippen LogP contribution in [-0.4, -0.2) is 86.6 Å². The molecule has 2 aliphatic rings. The lowest BCUT2D eigenvalue weighted by atomic mass is 10.1. The number of hydrogen-bond donors (Lipinski definition) is 1. The van der Waals surface area contributed by atoms with E-state index in [1.807, 2.05) is 4.90 Å². The van der Waals surface area contributed by atoms with Crippen molar-refractivity contribution in [2.75, 3.05) is 66.0 Å². The predicted octanol–water partition coefficient (Wildman–Crippen LogP) is 1.32. The lowest BCUT2D eigenvalue weighted by molar-refractivity contribution is -0.132. The van der Waals surface area contributed by atoms with Gasteiger partial charge in [0.1, 0.15) is 0 Å². The molecule has 2 fully saturated rings. The zero-order valence-electron chi connectivity index (χ0n) is 14.6. The van der Waals surface area contributed by atoms with Crippen LogP contribution in [0.3, 0.4) is 0 Å². The van der Waals surface area contributed by atoms with Crippen LogP contribution in [0.2, 0.25) is 0 Å². The van der Waals surface area contributed by atoms with Crippen molar-refractivity contribution in [1.82, 2.24) is 20.0 Å². The summed E-state index contributed by atoms with van der Waals surface area (Å²) in [5.41, 5.74) is 0. The van der Waals surface area contributed by atoms with Crippen molar-refractivity contribution >= 4 is 30.7 Å². The van der Waals surface area contributed by atoms with E-state index < -0.39 is 0 Å². The van der Waals surface area contributed by atoms with Crippen LogP contribution in [0.1, 0.15) is 26.2 Å². The van der Waals surface area contributed by atoms with Gasteiger partial charge in [0.25, 0.3) is 0 Å². The Hall–Kier alpha value is -0.0700. The van der Waals surface area contributed by atoms with E-state index in [-0.39, 0.29) is 24.8 Å². The van der Waals surface area contributed by atoms with Crippen molar-refractivity contribution in [2.24, 2.45) is 5.92 Å². The second-order valence-electron chi connectivity index (χ2n) is 6.60. The molecule has 1 N–H and O–H groups in total. The number of amides is 1. The van der Waals surface area contributed by atoms with Crippen molar-refractivity contribution in [3.63, 3.8) is 0 Å². The molecule has 0 aromatic heterocycles. The highest BCUT2D eigenvalue weighted by Gasteiger charge is 2.24. The molecular weight excluding hydrogens is 335 g/mol. The lowest BCUT2D eigenvalue weighted by Gasteiger charge is -2.28. The highest BCUT2D eigenvalue weighted by Crippen LogP contribution is 2.17. The van der Waals surface area contributed by atoms with Gasteiger partial charge in [-0.15, -0.1) is 24.8 Å². The highest BCUT2D eigenvalue weighted by molar-refractivity contribution is 5.85. The van der Waals surface area contributed by atoms with E-state index in [1.54, 1.807) is 0 Å². The molecule has 5 nitrogen and oxygen atoms in total. The summed E-state index contributed by atoms with van der Waals surface area (Å²) in [6.45, 7) is 11.6. The van der Waals surface area contributed by atoms with Crippen LogP contribution >= 0.6 is 24.8 Å². The number of nitrogens with zero attached hydrogens (tertiary/aromatic N) is 3. The summed E-state index contributed by atoms with van der Waals surface area (Å²) in [5.74, 6) is 1.12. The summed E-state index contributed by atoms with van der Waals surface area (Å²) < 4.78 is 0. The number of likely N-dealkylation sites (tertiary alicyclic amines) is 1. The van der Waals surface area contributed by atoms with Crippen molar-refractivity contribution in [2.45, 2.75) is 26.2 Å². The number of halogens is 2. The van der Waals surface area contributed by atoms with Gasteiger partial charge in [0.05, 0.1) is 0 Å². The van der Waals surface area contributed by atoms with Crippen LogP contribution in [0.25, 0.3) is 0 Å². The molecule has 1 amide bonds. The number of carbonyl (C=O) groups excluding carboxylic acids is 1. The normalized spacial score (nSPS) is 21.9. The maximum atomic E-state index is 12.2. The Bertz CT molecular complexity index is 327. The second kappa shape index (κ2) is 12.3. The fraction of sp³-hybridized carbons (Fsp3) is 0.938. The molecule has 23 heavy (non-hydrogen) atoms. The molecule has 2 rings (SSSR count). The van der Waals surface area contributed by atoms with E-state index in [0.29, 0.717) is 12.3 Å². The molecule has 138 valence electrons. The average Bonchev–Trinajstić information content (AvgIpc) is 2.93. The largest absolute Gasteiger partial charge is 0.340 e. The first-order valence-electron chi connectivity index (χ1n) is 8.58. The third-order valence-electron chi connectivity index (χ3n) is 4.66. The molecule has 0 bridgehead atoms. The molecule has 1 unspecified atom stereocenters. The third-order valence-corrected chi connectivity index (χ3v) is 4.66. The van der Waals surface area contributed by atoms with Crippen LogP contribution in [0.5, 0.6) is 0 Å². The lowest BCUT2D eigenvalue weighted by Crippen LogP contribution is -2.47. The monoisotopic (exact) mass is 368 g/mol. The van der Waals surface area contributed by atoms with Gasteiger partial charge >= 0.3 is 0 Å². The van der Waals surface area contributed by atoms with Gasteiger partial charge in [-0.1, -0.05) is 6.92 Å². The summed E-state index contributed by atoms with van der Waals surface area (Å²) in [5, 5.41) is 3.29. The Kier molecular flexibility index (Phi) is 12.3. The van der Waals surface area contributed by atoms with Crippen LogP contribution < -0.4 is 5.32 Å². The van der Waals surface area contributed by atoms with Gasteiger partial charge in [-0.25, -0.2) is 0 Å². The SMILES string of the molecule is CCCN(C)CC1CCN(CCC(=O)N2CCNCC2)C1.Cl.Cl. The fourth-order valence-electron chi connectivity index (χ4n) is 3.50. The van der Waals surface area contributed by atoms with Crippen LogP contribution in [0.15, 0.2) is 0 Å². The number of rotatable bonds is 7. The third kappa shape index (κ3) is 8.03. The molecule has 0 aromatic carbocycles. The Morgan fingerprint density at radius 2 is 1.91 bits per heavy atom. The summed E-state index contributed by atoms with van der Waals surface area (Å²) >= 11 is 0. The molecule has 2 aliphatic heterocycles. The number of piperazine rings is 1. The maximum absolute atomic E-state index is 12.2. The predicted molar refractivity (Wildman–Crippen MR) is 101 cm³/mol. The molecular formula is C16H34Cl2N4O. The number of nitrogens with one attached hydrogen (secondary N) is 1. The molecule has 1 atom stereocenters. The Morgan fingerprint density at radius 1 is 1.22 bits per heavy atom. The van der Waals surface area contributed by atoms with Gasteiger partial charge in [-0.2, -0.15) is 0 Å². The zero-order chi connectivity index (χ0) is 15.1. The highest BCUT2D eigenvalue weighted by atomic mass is 35.5. The molecule has 0 radical (unpaired) electrons. The Morgan fingerprint density at radius 3 is 2.57 bits per heavy atom. The summed E-state index contributed by atoms with van der Waals surface area (Å²) in [4.78, 5) is 19.1. The molecule has 2 heterocycles. The zero-order valence-corrected chi connectivity index (χ0v) is 16.3. The molecule has 0 spiro atoms. The van der Waals surface area contributed by atoms with E-state index in [0.717, 1.165) is 38.6 Å². The minimum atomic E-state index is 0. The van der Waals surface area contributed by atoms with Crippen LogP contribution in [-0.2, 0) is 4.79 Å². The first-order valence-corrected chi connectivity index (χ1v) is 8.58. The first-order chi connectivity index (χ1) is 10.2. The van der Waals surface area contributed by atoms with E-state index in [1.165, 1.54) is 39.0 Å². The van der Waals surface area contributed by atoms with Gasteiger partial charge in [0, 0.05) is 52.2 Å². The molecule has 0 aliphatic carbocycles. The summed E-state index contributed by atoms with van der Waals surface area (Å²) in [6, 6.07) is 0. The average molecular weight is 369 g/mol. The van der Waals surface area contributed by atoms with Crippen molar-refractivity contribution in [3.05, 3.63) is 0 Å².